The molecule has 1 aromatic heterocycles. The highest BCUT2D eigenvalue weighted by Crippen LogP contribution is 2.11. The minimum Gasteiger partial charge on any atom is -0.494 e. The number of carbonyl (C=O) groups excluding carboxylic acids is 1. The van der Waals surface area contributed by atoms with Gasteiger partial charge in [0.25, 0.3) is 0 Å². The molecule has 0 aliphatic heterocycles. The van der Waals surface area contributed by atoms with Gasteiger partial charge in [-0.25, -0.2) is 9.78 Å². The van der Waals surface area contributed by atoms with Gasteiger partial charge < -0.3 is 9.47 Å². The van der Waals surface area contributed by atoms with Crippen molar-refractivity contribution in [1.29, 1.82) is 0 Å². The summed E-state index contributed by atoms with van der Waals surface area (Å²) in [4.78, 5) is 15.1. The number of aromatic nitrogens is 1. The van der Waals surface area contributed by atoms with Crippen molar-refractivity contribution >= 4 is 5.97 Å². The molecule has 0 spiro atoms. The van der Waals surface area contributed by atoms with Crippen molar-refractivity contribution in [2.45, 2.75) is 13.8 Å². The first kappa shape index (κ1) is 10.5. The SMILES string of the molecule is CCOC(=O)c1cc(OCC)ccn1. The van der Waals surface area contributed by atoms with Crippen LogP contribution in [0.15, 0.2) is 18.3 Å². The Bertz CT molecular complexity index is 312. The molecule has 0 fully saturated rings. The third-order valence-electron chi connectivity index (χ3n) is 1.53. The molecule has 0 atom stereocenters. The number of esters is 1. The van der Waals surface area contributed by atoms with Crippen molar-refractivity contribution in [3.8, 4) is 5.75 Å². The van der Waals surface area contributed by atoms with Crippen molar-refractivity contribution in [1.82, 2.24) is 4.98 Å². The monoisotopic (exact) mass is 195 g/mol. The fourth-order valence-corrected chi connectivity index (χ4v) is 0.984. The smallest absolute Gasteiger partial charge is 0.357 e. The second-order valence-corrected chi connectivity index (χ2v) is 2.53. The maximum absolute atomic E-state index is 11.3. The minimum absolute atomic E-state index is 0.276. The summed E-state index contributed by atoms with van der Waals surface area (Å²) in [7, 11) is 0. The summed E-state index contributed by atoms with van der Waals surface area (Å²) < 4.78 is 10.0. The van der Waals surface area contributed by atoms with Crippen LogP contribution in [0.5, 0.6) is 5.75 Å². The topological polar surface area (TPSA) is 48.4 Å². The molecule has 0 bridgehead atoms. The molecule has 0 saturated heterocycles. The van der Waals surface area contributed by atoms with Crippen molar-refractivity contribution < 1.29 is 14.3 Å². The van der Waals surface area contributed by atoms with E-state index >= 15 is 0 Å². The summed E-state index contributed by atoms with van der Waals surface area (Å²) in [5, 5.41) is 0. The highest BCUT2D eigenvalue weighted by molar-refractivity contribution is 5.87. The van der Waals surface area contributed by atoms with Crippen LogP contribution in [0.1, 0.15) is 24.3 Å². The van der Waals surface area contributed by atoms with Crippen LogP contribution in [-0.4, -0.2) is 24.2 Å². The summed E-state index contributed by atoms with van der Waals surface area (Å²) in [6.07, 6.45) is 1.53. The van der Waals surface area contributed by atoms with Crippen LogP contribution in [0.3, 0.4) is 0 Å². The van der Waals surface area contributed by atoms with Gasteiger partial charge >= 0.3 is 5.97 Å². The first-order valence-corrected chi connectivity index (χ1v) is 4.54. The van der Waals surface area contributed by atoms with Crippen LogP contribution in [0.2, 0.25) is 0 Å². The highest BCUT2D eigenvalue weighted by Gasteiger charge is 2.08. The maximum Gasteiger partial charge on any atom is 0.357 e. The van der Waals surface area contributed by atoms with Crippen molar-refractivity contribution in [3.63, 3.8) is 0 Å². The second-order valence-electron chi connectivity index (χ2n) is 2.53. The molecule has 0 saturated carbocycles. The molecule has 0 N–H and O–H groups in total. The zero-order valence-electron chi connectivity index (χ0n) is 8.32. The molecule has 14 heavy (non-hydrogen) atoms. The lowest BCUT2D eigenvalue weighted by Crippen LogP contribution is -2.07. The van der Waals surface area contributed by atoms with Gasteiger partial charge in [0.05, 0.1) is 13.2 Å². The number of hydrogen-bond donors (Lipinski definition) is 0. The molecule has 1 rings (SSSR count). The fourth-order valence-electron chi connectivity index (χ4n) is 0.984. The van der Waals surface area contributed by atoms with E-state index in [0.29, 0.717) is 19.0 Å². The van der Waals surface area contributed by atoms with Gasteiger partial charge in [-0.1, -0.05) is 0 Å². The Labute approximate surface area is 82.9 Å². The average molecular weight is 195 g/mol. The quantitative estimate of drug-likeness (QED) is 0.685. The Hall–Kier alpha value is -1.58. The number of nitrogens with zero attached hydrogens (tertiary/aromatic N) is 1. The Kier molecular flexibility index (Phi) is 3.91. The summed E-state index contributed by atoms with van der Waals surface area (Å²) >= 11 is 0. The average Bonchev–Trinajstić information content (AvgIpc) is 2.19. The van der Waals surface area contributed by atoms with E-state index < -0.39 is 5.97 Å². The van der Waals surface area contributed by atoms with Crippen molar-refractivity contribution in [2.24, 2.45) is 0 Å². The molecule has 0 radical (unpaired) electrons. The van der Waals surface area contributed by atoms with Gasteiger partial charge in [0, 0.05) is 12.3 Å². The minimum atomic E-state index is -0.422. The van der Waals surface area contributed by atoms with Crippen molar-refractivity contribution in [2.75, 3.05) is 13.2 Å². The predicted octanol–water partition coefficient (Wildman–Crippen LogP) is 1.66. The maximum atomic E-state index is 11.3. The Morgan fingerprint density at radius 2 is 2.21 bits per heavy atom. The van der Waals surface area contributed by atoms with Crippen LogP contribution in [0.25, 0.3) is 0 Å². The van der Waals surface area contributed by atoms with E-state index in [1.165, 1.54) is 6.20 Å². The highest BCUT2D eigenvalue weighted by atomic mass is 16.5. The molecule has 0 aliphatic carbocycles. The standard InChI is InChI=1S/C10H13NO3/c1-3-13-8-5-6-11-9(7-8)10(12)14-4-2/h5-7H,3-4H2,1-2H3. The largest absolute Gasteiger partial charge is 0.494 e. The molecule has 76 valence electrons. The first-order valence-electron chi connectivity index (χ1n) is 4.54. The van der Waals surface area contributed by atoms with Crippen LogP contribution in [-0.2, 0) is 4.74 Å². The zero-order valence-corrected chi connectivity index (χ0v) is 8.32. The normalized spacial score (nSPS) is 9.57. The molecule has 0 unspecified atom stereocenters. The van der Waals surface area contributed by atoms with Gasteiger partial charge in [-0.15, -0.1) is 0 Å². The van der Waals surface area contributed by atoms with E-state index in [2.05, 4.69) is 4.98 Å². The summed E-state index contributed by atoms with van der Waals surface area (Å²) in [5.41, 5.74) is 0.276. The van der Waals surface area contributed by atoms with E-state index in [0.717, 1.165) is 0 Å². The van der Waals surface area contributed by atoms with Gasteiger partial charge in [-0.3, -0.25) is 0 Å². The third-order valence-corrected chi connectivity index (χ3v) is 1.53. The van der Waals surface area contributed by atoms with Gasteiger partial charge in [0.2, 0.25) is 0 Å². The van der Waals surface area contributed by atoms with E-state index in [9.17, 15) is 4.79 Å². The molecule has 1 aromatic rings. The van der Waals surface area contributed by atoms with Gasteiger partial charge in [0.1, 0.15) is 5.75 Å². The van der Waals surface area contributed by atoms with E-state index in [4.69, 9.17) is 9.47 Å². The Morgan fingerprint density at radius 3 is 2.86 bits per heavy atom. The van der Waals surface area contributed by atoms with E-state index in [-0.39, 0.29) is 5.69 Å². The Morgan fingerprint density at radius 1 is 1.43 bits per heavy atom. The number of hydrogen-bond acceptors (Lipinski definition) is 4. The van der Waals surface area contributed by atoms with Crippen LogP contribution in [0, 0.1) is 0 Å². The molecule has 4 heteroatoms. The van der Waals surface area contributed by atoms with Gasteiger partial charge in [-0.05, 0) is 19.9 Å². The molecule has 0 aromatic carbocycles. The lowest BCUT2D eigenvalue weighted by atomic mass is 10.3. The molecule has 0 amide bonds. The predicted molar refractivity (Wildman–Crippen MR) is 51.4 cm³/mol. The van der Waals surface area contributed by atoms with E-state index in [1.807, 2.05) is 6.92 Å². The van der Waals surface area contributed by atoms with E-state index in [1.54, 1.807) is 19.1 Å². The molecular formula is C10H13NO3. The lowest BCUT2D eigenvalue weighted by molar-refractivity contribution is 0.0519. The zero-order chi connectivity index (χ0) is 10.4. The lowest BCUT2D eigenvalue weighted by Gasteiger charge is -2.04. The number of pyridine rings is 1. The second kappa shape index (κ2) is 5.21. The van der Waals surface area contributed by atoms with Crippen LogP contribution in [0.4, 0.5) is 0 Å². The summed E-state index contributed by atoms with van der Waals surface area (Å²) in [6.45, 7) is 4.54. The number of carbonyl (C=O) groups is 1. The first-order chi connectivity index (χ1) is 6.77. The fraction of sp³-hybridized carbons (Fsp3) is 0.400. The van der Waals surface area contributed by atoms with Crippen molar-refractivity contribution in [3.05, 3.63) is 24.0 Å². The molecule has 0 aliphatic rings. The Balaban J connectivity index is 2.77. The number of ether oxygens (including phenoxy) is 2. The van der Waals surface area contributed by atoms with Gasteiger partial charge in [0.15, 0.2) is 5.69 Å². The third kappa shape index (κ3) is 2.73. The molecular weight excluding hydrogens is 182 g/mol. The molecule has 4 nitrogen and oxygen atoms in total. The van der Waals surface area contributed by atoms with Crippen LogP contribution >= 0.6 is 0 Å². The van der Waals surface area contributed by atoms with Crippen LogP contribution < -0.4 is 4.74 Å². The molecule has 1 heterocycles. The number of rotatable bonds is 4. The summed E-state index contributed by atoms with van der Waals surface area (Å²) in [5.74, 6) is 0.208. The summed E-state index contributed by atoms with van der Waals surface area (Å²) in [6, 6.07) is 3.27. The van der Waals surface area contributed by atoms with Gasteiger partial charge in [-0.2, -0.15) is 0 Å².